The maximum absolute atomic E-state index is 12.8. The Hall–Kier alpha value is -2.77. The number of carbonyl (C=O) groups excluding carboxylic acids is 1. The monoisotopic (exact) mass is 344 g/mol. The number of pyridine rings is 1. The van der Waals surface area contributed by atoms with Crippen LogP contribution in [-0.2, 0) is 17.9 Å². The number of rotatable bonds is 8. The number of carbonyl (C=O) groups is 2. The molecule has 0 aliphatic rings. The number of methoxy groups -OCH3 is 1. The smallest absolute Gasteiger partial charge is 0.338 e. The predicted octanol–water partition coefficient (Wildman–Crippen LogP) is 1.56. The number of hydrogen-bond donors (Lipinski definition) is 2. The van der Waals surface area contributed by atoms with E-state index in [2.05, 4.69) is 4.98 Å². The van der Waals surface area contributed by atoms with Crippen molar-refractivity contribution < 1.29 is 24.5 Å². The van der Waals surface area contributed by atoms with Gasteiger partial charge in [0.2, 0.25) is 0 Å². The van der Waals surface area contributed by atoms with Gasteiger partial charge in [0, 0.05) is 26.4 Å². The normalized spacial score (nSPS) is 10.5. The number of aromatic nitrogens is 1. The highest BCUT2D eigenvalue weighted by Gasteiger charge is 2.24. The minimum atomic E-state index is -1.24. The van der Waals surface area contributed by atoms with Crippen LogP contribution < -0.4 is 0 Å². The first kappa shape index (κ1) is 18.6. The minimum absolute atomic E-state index is 0.0777. The second-order valence-corrected chi connectivity index (χ2v) is 5.41. The molecule has 1 aromatic carbocycles. The van der Waals surface area contributed by atoms with Gasteiger partial charge in [-0.15, -0.1) is 0 Å². The van der Waals surface area contributed by atoms with Gasteiger partial charge in [0.1, 0.15) is 5.69 Å². The van der Waals surface area contributed by atoms with E-state index in [9.17, 15) is 19.8 Å². The number of ether oxygens (including phenoxy) is 1. The van der Waals surface area contributed by atoms with E-state index in [4.69, 9.17) is 4.74 Å². The number of aromatic carboxylic acids is 1. The molecule has 0 spiro atoms. The Morgan fingerprint density at radius 3 is 2.52 bits per heavy atom. The molecule has 1 heterocycles. The standard InChI is InChI=1S/C18H20N2O5/c1-25-12-14-9-15(18(23)24)16(19-10-14)17(22)20(7-8-21)11-13-5-3-2-4-6-13/h2-6,9-10,21H,7-8,11-12H2,1H3,(H,23,24). The lowest BCUT2D eigenvalue weighted by Crippen LogP contribution is -2.34. The molecular weight excluding hydrogens is 324 g/mol. The number of aliphatic hydroxyl groups is 1. The minimum Gasteiger partial charge on any atom is -0.478 e. The second-order valence-electron chi connectivity index (χ2n) is 5.41. The molecule has 0 fully saturated rings. The SMILES string of the molecule is COCc1cnc(C(=O)N(CCO)Cc2ccccc2)c(C(=O)O)c1. The van der Waals surface area contributed by atoms with E-state index in [0.717, 1.165) is 5.56 Å². The van der Waals surface area contributed by atoms with Crippen LogP contribution >= 0.6 is 0 Å². The molecular formula is C18H20N2O5. The van der Waals surface area contributed by atoms with E-state index in [1.165, 1.54) is 24.3 Å². The molecule has 0 aliphatic heterocycles. The number of hydrogen-bond acceptors (Lipinski definition) is 5. The third-order valence-corrected chi connectivity index (χ3v) is 3.56. The molecule has 132 valence electrons. The zero-order valence-corrected chi connectivity index (χ0v) is 13.9. The molecule has 0 aliphatic carbocycles. The Morgan fingerprint density at radius 2 is 1.92 bits per heavy atom. The van der Waals surface area contributed by atoms with Crippen molar-refractivity contribution in [3.05, 3.63) is 65.0 Å². The average Bonchev–Trinajstić information content (AvgIpc) is 2.62. The fourth-order valence-electron chi connectivity index (χ4n) is 2.41. The van der Waals surface area contributed by atoms with Gasteiger partial charge >= 0.3 is 5.97 Å². The number of nitrogens with zero attached hydrogens (tertiary/aromatic N) is 2. The van der Waals surface area contributed by atoms with E-state index >= 15 is 0 Å². The highest BCUT2D eigenvalue weighted by molar-refractivity contribution is 6.03. The summed E-state index contributed by atoms with van der Waals surface area (Å²) in [6.45, 7) is 0.296. The van der Waals surface area contributed by atoms with Crippen molar-refractivity contribution in [2.45, 2.75) is 13.2 Å². The van der Waals surface area contributed by atoms with Crippen molar-refractivity contribution in [1.29, 1.82) is 0 Å². The van der Waals surface area contributed by atoms with Gasteiger partial charge < -0.3 is 19.8 Å². The first-order valence-electron chi connectivity index (χ1n) is 7.72. The Labute approximate surface area is 145 Å². The predicted molar refractivity (Wildman–Crippen MR) is 90.2 cm³/mol. The molecule has 7 nitrogen and oxygen atoms in total. The van der Waals surface area contributed by atoms with Gasteiger partial charge in [0.05, 0.1) is 18.8 Å². The largest absolute Gasteiger partial charge is 0.478 e. The lowest BCUT2D eigenvalue weighted by molar-refractivity contribution is 0.0656. The van der Waals surface area contributed by atoms with Crippen LogP contribution in [-0.4, -0.2) is 52.2 Å². The number of amides is 1. The highest BCUT2D eigenvalue weighted by Crippen LogP contribution is 2.15. The van der Waals surface area contributed by atoms with E-state index in [0.29, 0.717) is 5.56 Å². The van der Waals surface area contributed by atoms with Crippen LogP contribution in [0.1, 0.15) is 32.0 Å². The zero-order chi connectivity index (χ0) is 18.2. The molecule has 2 N–H and O–H groups in total. The van der Waals surface area contributed by atoms with Crippen LogP contribution in [0.15, 0.2) is 42.6 Å². The van der Waals surface area contributed by atoms with Crippen LogP contribution in [0.5, 0.6) is 0 Å². The zero-order valence-electron chi connectivity index (χ0n) is 13.9. The van der Waals surface area contributed by atoms with E-state index in [1.807, 2.05) is 30.3 Å². The van der Waals surface area contributed by atoms with Crippen LogP contribution in [0.4, 0.5) is 0 Å². The summed E-state index contributed by atoms with van der Waals surface area (Å²) in [4.78, 5) is 29.7. The molecule has 1 amide bonds. The fraction of sp³-hybridized carbons (Fsp3) is 0.278. The molecule has 7 heteroatoms. The van der Waals surface area contributed by atoms with Crippen molar-refractivity contribution in [2.24, 2.45) is 0 Å². The number of carboxylic acid groups (broad SMARTS) is 1. The van der Waals surface area contributed by atoms with Crippen molar-refractivity contribution in [3.63, 3.8) is 0 Å². The lowest BCUT2D eigenvalue weighted by atomic mass is 10.1. The summed E-state index contributed by atoms with van der Waals surface area (Å²) in [6.07, 6.45) is 1.42. The molecule has 0 saturated heterocycles. The maximum Gasteiger partial charge on any atom is 0.338 e. The van der Waals surface area contributed by atoms with Gasteiger partial charge in [-0.05, 0) is 17.2 Å². The lowest BCUT2D eigenvalue weighted by Gasteiger charge is -2.22. The fourth-order valence-corrected chi connectivity index (χ4v) is 2.41. The number of benzene rings is 1. The third kappa shape index (κ3) is 4.85. The molecule has 2 aromatic rings. The molecule has 25 heavy (non-hydrogen) atoms. The Bertz CT molecular complexity index is 734. The molecule has 1 aromatic heterocycles. The highest BCUT2D eigenvalue weighted by atomic mass is 16.5. The summed E-state index contributed by atoms with van der Waals surface area (Å²) in [6, 6.07) is 10.6. The first-order valence-corrected chi connectivity index (χ1v) is 7.72. The van der Waals surface area contributed by atoms with Crippen LogP contribution in [0.3, 0.4) is 0 Å². The van der Waals surface area contributed by atoms with Gasteiger partial charge in [-0.1, -0.05) is 30.3 Å². The van der Waals surface area contributed by atoms with Gasteiger partial charge in [-0.25, -0.2) is 9.78 Å². The van der Waals surface area contributed by atoms with Gasteiger partial charge in [-0.2, -0.15) is 0 Å². The molecule has 2 rings (SSSR count). The van der Waals surface area contributed by atoms with Crippen LogP contribution in [0.2, 0.25) is 0 Å². The van der Waals surface area contributed by atoms with Crippen molar-refractivity contribution in [1.82, 2.24) is 9.88 Å². The summed E-state index contributed by atoms with van der Waals surface area (Å²) in [7, 11) is 1.49. The van der Waals surface area contributed by atoms with Gasteiger partial charge in [-0.3, -0.25) is 4.79 Å². The summed E-state index contributed by atoms with van der Waals surface area (Å²) in [5, 5.41) is 18.7. The van der Waals surface area contributed by atoms with Gasteiger partial charge in [0.25, 0.3) is 5.91 Å². The first-order chi connectivity index (χ1) is 12.1. The quantitative estimate of drug-likeness (QED) is 0.754. The van der Waals surface area contributed by atoms with E-state index in [-0.39, 0.29) is 37.6 Å². The Kier molecular flexibility index (Phi) is 6.62. The topological polar surface area (TPSA) is 100.0 Å². The molecule has 0 unspecified atom stereocenters. The Balaban J connectivity index is 2.33. The summed E-state index contributed by atoms with van der Waals surface area (Å²) >= 11 is 0. The van der Waals surface area contributed by atoms with Crippen molar-refractivity contribution in [2.75, 3.05) is 20.3 Å². The average molecular weight is 344 g/mol. The Morgan fingerprint density at radius 1 is 1.20 bits per heavy atom. The van der Waals surface area contributed by atoms with Gasteiger partial charge in [0.15, 0.2) is 0 Å². The van der Waals surface area contributed by atoms with E-state index in [1.54, 1.807) is 0 Å². The number of aliphatic hydroxyl groups excluding tert-OH is 1. The van der Waals surface area contributed by atoms with Crippen molar-refractivity contribution >= 4 is 11.9 Å². The van der Waals surface area contributed by atoms with Crippen molar-refractivity contribution in [3.8, 4) is 0 Å². The third-order valence-electron chi connectivity index (χ3n) is 3.56. The molecule has 0 bridgehead atoms. The molecule has 0 atom stereocenters. The maximum atomic E-state index is 12.8. The summed E-state index contributed by atoms with van der Waals surface area (Å²) < 4.78 is 4.97. The van der Waals surface area contributed by atoms with Crippen LogP contribution in [0, 0.1) is 0 Å². The molecule has 0 saturated carbocycles. The molecule has 0 radical (unpaired) electrons. The second kappa shape index (κ2) is 8.91. The van der Waals surface area contributed by atoms with E-state index < -0.39 is 11.9 Å². The summed E-state index contributed by atoms with van der Waals surface area (Å²) in [5.74, 6) is -1.78. The summed E-state index contributed by atoms with van der Waals surface area (Å²) in [5.41, 5.74) is 1.10. The van der Waals surface area contributed by atoms with Crippen LogP contribution in [0.25, 0.3) is 0 Å². The number of carboxylic acids is 1.